The van der Waals surface area contributed by atoms with E-state index in [2.05, 4.69) is 127 Å². The fourth-order valence-corrected chi connectivity index (χ4v) is 6.83. The van der Waals surface area contributed by atoms with E-state index >= 15 is 0 Å². The van der Waals surface area contributed by atoms with Crippen LogP contribution in [0.15, 0.2) is 96.0 Å². The summed E-state index contributed by atoms with van der Waals surface area (Å²) in [6, 6.07) is 28.2. The molecular weight excluding hydrogens is 607 g/mol. The van der Waals surface area contributed by atoms with Crippen molar-refractivity contribution in [2.24, 2.45) is 10.9 Å². The Morgan fingerprint density at radius 3 is 2.52 bits per heavy atom. The lowest BCUT2D eigenvalue weighted by Gasteiger charge is -2.37. The van der Waals surface area contributed by atoms with E-state index in [1.165, 1.54) is 27.9 Å². The smallest absolute Gasteiger partial charge is 0.174 e. The molecule has 1 heterocycles. The van der Waals surface area contributed by atoms with Crippen molar-refractivity contribution >= 4 is 40.2 Å². The van der Waals surface area contributed by atoms with Gasteiger partial charge in [-0.15, -0.1) is 0 Å². The molecule has 4 aromatic rings. The molecule has 6 rings (SSSR count). The van der Waals surface area contributed by atoms with Crippen LogP contribution in [0.5, 0.6) is 11.5 Å². The summed E-state index contributed by atoms with van der Waals surface area (Å²) >= 11 is 2.31. The predicted octanol–water partition coefficient (Wildman–Crippen LogP) is 9.07. The highest BCUT2D eigenvalue weighted by atomic mass is 127. The number of methoxy groups -OCH3 is 1. The standard InChI is InChI=1S/C35H33IN2O2/c1-22-15-23(2)17-25(16-22)21-40-35-31(36)18-24(19-33(35)39-3)20-37-27-13-11-26(12-14-27)34-30-9-6-8-28(30)29-7-4-5-10-32(29)38-34/h4-8,10-20,28,30,34,38H,9,21H2,1-3H3/t28-,30+,34+/m1/s1. The molecule has 5 heteroatoms. The molecule has 0 spiro atoms. The van der Waals surface area contributed by atoms with Gasteiger partial charge in [0, 0.05) is 17.8 Å². The summed E-state index contributed by atoms with van der Waals surface area (Å²) in [5, 5.41) is 3.81. The van der Waals surface area contributed by atoms with Crippen LogP contribution in [0.3, 0.4) is 0 Å². The van der Waals surface area contributed by atoms with Crippen molar-refractivity contribution in [2.75, 3.05) is 12.4 Å². The highest BCUT2D eigenvalue weighted by molar-refractivity contribution is 14.1. The average Bonchev–Trinajstić information content (AvgIpc) is 3.45. The number of benzene rings is 4. The summed E-state index contributed by atoms with van der Waals surface area (Å²) in [5.74, 6) is 2.47. The number of allylic oxidation sites excluding steroid dienone is 2. The number of halogens is 1. The summed E-state index contributed by atoms with van der Waals surface area (Å²) < 4.78 is 12.9. The molecule has 202 valence electrons. The van der Waals surface area contributed by atoms with Gasteiger partial charge in [-0.05, 0) is 101 Å². The van der Waals surface area contributed by atoms with Crippen LogP contribution in [0.1, 0.15) is 51.8 Å². The lowest BCUT2D eigenvalue weighted by Crippen LogP contribution is -2.28. The molecule has 2 aliphatic rings. The van der Waals surface area contributed by atoms with Crippen molar-refractivity contribution in [3.8, 4) is 11.5 Å². The zero-order valence-corrected chi connectivity index (χ0v) is 25.2. The minimum absolute atomic E-state index is 0.287. The summed E-state index contributed by atoms with van der Waals surface area (Å²) in [6.07, 6.45) is 7.70. The lowest BCUT2D eigenvalue weighted by atomic mass is 9.77. The van der Waals surface area contributed by atoms with Crippen molar-refractivity contribution in [3.05, 3.63) is 128 Å². The molecule has 1 N–H and O–H groups in total. The molecule has 4 nitrogen and oxygen atoms in total. The van der Waals surface area contributed by atoms with Gasteiger partial charge in [-0.1, -0.05) is 71.8 Å². The van der Waals surface area contributed by atoms with Crippen LogP contribution < -0.4 is 14.8 Å². The Morgan fingerprint density at radius 1 is 0.975 bits per heavy atom. The van der Waals surface area contributed by atoms with Gasteiger partial charge in [0.15, 0.2) is 11.5 Å². The van der Waals surface area contributed by atoms with Crippen molar-refractivity contribution in [2.45, 2.75) is 38.8 Å². The van der Waals surface area contributed by atoms with Gasteiger partial charge in [0.2, 0.25) is 0 Å². The first-order valence-electron chi connectivity index (χ1n) is 13.7. The molecule has 0 saturated carbocycles. The van der Waals surface area contributed by atoms with Crippen molar-refractivity contribution in [3.63, 3.8) is 0 Å². The number of hydrogen-bond acceptors (Lipinski definition) is 4. The van der Waals surface area contributed by atoms with Crippen molar-refractivity contribution in [1.82, 2.24) is 0 Å². The van der Waals surface area contributed by atoms with Crippen molar-refractivity contribution < 1.29 is 9.47 Å². The van der Waals surface area contributed by atoms with Crippen LogP contribution in [-0.2, 0) is 6.61 Å². The monoisotopic (exact) mass is 640 g/mol. The van der Waals surface area contributed by atoms with E-state index in [0.717, 1.165) is 32.6 Å². The van der Waals surface area contributed by atoms with Crippen molar-refractivity contribution in [1.29, 1.82) is 0 Å². The molecule has 40 heavy (non-hydrogen) atoms. The Morgan fingerprint density at radius 2 is 1.75 bits per heavy atom. The van der Waals surface area contributed by atoms with Gasteiger partial charge < -0.3 is 14.8 Å². The summed E-state index contributed by atoms with van der Waals surface area (Å²) in [7, 11) is 1.68. The summed E-state index contributed by atoms with van der Waals surface area (Å²) in [4.78, 5) is 4.77. The molecule has 0 radical (unpaired) electrons. The first kappa shape index (κ1) is 26.6. The number of fused-ring (bicyclic) bond motifs is 3. The van der Waals surface area contributed by atoms with Gasteiger partial charge in [0.25, 0.3) is 0 Å². The molecule has 0 unspecified atom stereocenters. The number of para-hydroxylation sites is 1. The van der Waals surface area contributed by atoms with Crippen LogP contribution in [0.2, 0.25) is 0 Å². The Hall–Kier alpha value is -3.58. The second-order valence-corrected chi connectivity index (χ2v) is 11.9. The minimum Gasteiger partial charge on any atom is -0.493 e. The first-order chi connectivity index (χ1) is 19.5. The Balaban J connectivity index is 1.17. The Kier molecular flexibility index (Phi) is 7.65. The molecule has 4 aromatic carbocycles. The van der Waals surface area contributed by atoms with E-state index in [1.54, 1.807) is 7.11 Å². The second kappa shape index (κ2) is 11.5. The van der Waals surface area contributed by atoms with Crippen LogP contribution in [-0.4, -0.2) is 13.3 Å². The van der Waals surface area contributed by atoms with E-state index in [9.17, 15) is 0 Å². The zero-order chi connectivity index (χ0) is 27.6. The topological polar surface area (TPSA) is 42.8 Å². The molecule has 1 aliphatic carbocycles. The number of hydrogen-bond donors (Lipinski definition) is 1. The third-order valence-electron chi connectivity index (χ3n) is 7.80. The van der Waals surface area contributed by atoms with Crippen LogP contribution in [0, 0.1) is 23.3 Å². The molecule has 0 saturated heterocycles. The number of nitrogens with one attached hydrogen (secondary N) is 1. The number of ether oxygens (including phenoxy) is 2. The third-order valence-corrected chi connectivity index (χ3v) is 8.60. The molecular formula is C35H33IN2O2. The molecule has 0 bridgehead atoms. The summed E-state index contributed by atoms with van der Waals surface area (Å²) in [5.41, 5.74) is 9.46. The lowest BCUT2D eigenvalue weighted by molar-refractivity contribution is 0.282. The van der Waals surface area contributed by atoms with Gasteiger partial charge in [-0.2, -0.15) is 0 Å². The van der Waals surface area contributed by atoms with Crippen LogP contribution in [0.4, 0.5) is 11.4 Å². The number of nitrogens with zero attached hydrogens (tertiary/aromatic N) is 1. The maximum atomic E-state index is 6.21. The van der Waals surface area contributed by atoms with E-state index < -0.39 is 0 Å². The highest BCUT2D eigenvalue weighted by Gasteiger charge is 2.37. The number of aryl methyl sites for hydroxylation is 2. The van der Waals surface area contributed by atoms with Gasteiger partial charge in [-0.25, -0.2) is 0 Å². The van der Waals surface area contributed by atoms with Gasteiger partial charge in [-0.3, -0.25) is 4.99 Å². The quantitative estimate of drug-likeness (QED) is 0.125. The molecule has 0 fully saturated rings. The van der Waals surface area contributed by atoms with E-state index in [4.69, 9.17) is 14.5 Å². The van der Waals surface area contributed by atoms with Crippen LogP contribution in [0.25, 0.3) is 0 Å². The fourth-order valence-electron chi connectivity index (χ4n) is 6.05. The van der Waals surface area contributed by atoms with Crippen LogP contribution >= 0.6 is 22.6 Å². The Labute approximate surface area is 250 Å². The molecule has 0 aromatic heterocycles. The number of rotatable bonds is 7. The number of aliphatic imine (C=N–C) groups is 1. The van der Waals surface area contributed by atoms with E-state index in [1.807, 2.05) is 12.3 Å². The summed E-state index contributed by atoms with van der Waals surface area (Å²) in [6.45, 7) is 4.71. The third kappa shape index (κ3) is 5.52. The predicted molar refractivity (Wildman–Crippen MR) is 172 cm³/mol. The zero-order valence-electron chi connectivity index (χ0n) is 23.0. The average molecular weight is 641 g/mol. The van der Waals surface area contributed by atoms with E-state index in [-0.39, 0.29) is 6.04 Å². The number of anilines is 1. The molecule has 0 amide bonds. The van der Waals surface area contributed by atoms with Gasteiger partial charge >= 0.3 is 0 Å². The van der Waals surface area contributed by atoms with Gasteiger partial charge in [0.1, 0.15) is 6.61 Å². The minimum atomic E-state index is 0.287. The van der Waals surface area contributed by atoms with Gasteiger partial charge in [0.05, 0.1) is 22.4 Å². The largest absolute Gasteiger partial charge is 0.493 e. The van der Waals surface area contributed by atoms with E-state index in [0.29, 0.717) is 24.2 Å². The fraction of sp³-hybridized carbons (Fsp3) is 0.229. The first-order valence-corrected chi connectivity index (χ1v) is 14.8. The highest BCUT2D eigenvalue weighted by Crippen LogP contribution is 2.49. The second-order valence-electron chi connectivity index (χ2n) is 10.7. The molecule has 1 aliphatic heterocycles. The maximum absolute atomic E-state index is 6.21. The SMILES string of the molecule is COc1cc(C=Nc2ccc([C@@H]3Nc4ccccc4[C@H]4C=CC[C@@H]43)cc2)cc(I)c1OCc1cc(C)cc(C)c1. The maximum Gasteiger partial charge on any atom is 0.174 e. The Bertz CT molecular complexity index is 1570. The normalized spacial score (nSPS) is 19.2. The molecule has 3 atom stereocenters.